The molecule has 1 aromatic heterocycles. The van der Waals surface area contributed by atoms with E-state index in [1.165, 1.54) is 0 Å². The fourth-order valence-electron chi connectivity index (χ4n) is 2.83. The molecule has 1 amide bonds. The number of aromatic nitrogens is 2. The Morgan fingerprint density at radius 3 is 2.11 bits per heavy atom. The predicted octanol–water partition coefficient (Wildman–Crippen LogP) is 3.30. The molecule has 3 aromatic rings. The van der Waals surface area contributed by atoms with Crippen molar-refractivity contribution < 1.29 is 19.0 Å². The number of rotatable bonds is 8. The first-order valence-electron chi connectivity index (χ1n) is 9.15. The Hall–Kier alpha value is -3.42. The molecule has 1 heterocycles. The van der Waals surface area contributed by atoms with Gasteiger partial charge in [0.2, 0.25) is 5.75 Å². The van der Waals surface area contributed by atoms with E-state index in [2.05, 4.69) is 15.3 Å². The molecular formula is C20H23N3O5. The number of hydrogen-bond donors (Lipinski definition) is 3. The Morgan fingerprint density at radius 1 is 0.893 bits per heavy atom. The lowest BCUT2D eigenvalue weighted by molar-refractivity contribution is 0.102. The molecular weight excluding hydrogens is 362 g/mol. The predicted molar refractivity (Wildman–Crippen MR) is 107 cm³/mol. The largest absolute Gasteiger partial charge is 0.490 e. The summed E-state index contributed by atoms with van der Waals surface area (Å²) >= 11 is 0. The first-order valence-corrected chi connectivity index (χ1v) is 9.15. The molecule has 0 atom stereocenters. The SMILES string of the molecule is CCOc1cc(C(=O)Nc2ccc3[nH]c(=O)[nH]c3c2)cc(OCC)c1OCC. The van der Waals surface area contributed by atoms with Gasteiger partial charge in [-0.1, -0.05) is 0 Å². The number of H-pyrrole nitrogens is 2. The van der Waals surface area contributed by atoms with Gasteiger partial charge < -0.3 is 29.5 Å². The molecule has 0 saturated heterocycles. The summed E-state index contributed by atoms with van der Waals surface area (Å²) in [5.74, 6) is 1.05. The number of anilines is 1. The highest BCUT2D eigenvalue weighted by atomic mass is 16.5. The van der Waals surface area contributed by atoms with E-state index in [-0.39, 0.29) is 11.6 Å². The van der Waals surface area contributed by atoms with Gasteiger partial charge >= 0.3 is 5.69 Å². The molecule has 8 nitrogen and oxygen atoms in total. The molecule has 8 heteroatoms. The third-order valence-electron chi connectivity index (χ3n) is 3.95. The summed E-state index contributed by atoms with van der Waals surface area (Å²) in [5, 5.41) is 2.82. The van der Waals surface area contributed by atoms with Crippen LogP contribution in [0.1, 0.15) is 31.1 Å². The van der Waals surface area contributed by atoms with Crippen LogP contribution in [0.5, 0.6) is 17.2 Å². The van der Waals surface area contributed by atoms with Crippen LogP contribution >= 0.6 is 0 Å². The van der Waals surface area contributed by atoms with Crippen molar-refractivity contribution in [2.45, 2.75) is 20.8 Å². The number of carbonyl (C=O) groups is 1. The van der Waals surface area contributed by atoms with Crippen molar-refractivity contribution in [2.24, 2.45) is 0 Å². The number of ether oxygens (including phenoxy) is 3. The van der Waals surface area contributed by atoms with Crippen molar-refractivity contribution in [1.29, 1.82) is 0 Å². The standard InChI is InChI=1S/C20H23N3O5/c1-4-26-16-9-12(10-17(27-5-2)18(16)28-6-3)19(24)21-13-7-8-14-15(11-13)23-20(25)22-14/h7-11H,4-6H2,1-3H3,(H,21,24)(H2,22,23,25). The first-order chi connectivity index (χ1) is 13.5. The zero-order valence-corrected chi connectivity index (χ0v) is 16.0. The Morgan fingerprint density at radius 2 is 1.50 bits per heavy atom. The molecule has 0 spiro atoms. The number of fused-ring (bicyclic) bond motifs is 1. The van der Waals surface area contributed by atoms with E-state index in [1.807, 2.05) is 20.8 Å². The highest BCUT2D eigenvalue weighted by Crippen LogP contribution is 2.39. The van der Waals surface area contributed by atoms with Crippen LogP contribution in [-0.2, 0) is 0 Å². The van der Waals surface area contributed by atoms with E-state index in [4.69, 9.17) is 14.2 Å². The molecule has 0 bridgehead atoms. The molecule has 3 rings (SSSR count). The van der Waals surface area contributed by atoms with Crippen molar-refractivity contribution in [3.05, 3.63) is 46.4 Å². The minimum atomic E-state index is -0.331. The number of benzene rings is 2. The van der Waals surface area contributed by atoms with Gasteiger partial charge in [0.1, 0.15) is 0 Å². The molecule has 28 heavy (non-hydrogen) atoms. The van der Waals surface area contributed by atoms with Crippen LogP contribution in [0.2, 0.25) is 0 Å². The quantitative estimate of drug-likeness (QED) is 0.552. The Labute approximate surface area is 161 Å². The lowest BCUT2D eigenvalue weighted by Crippen LogP contribution is -2.13. The van der Waals surface area contributed by atoms with E-state index < -0.39 is 0 Å². The van der Waals surface area contributed by atoms with Crippen LogP contribution in [0.3, 0.4) is 0 Å². The van der Waals surface area contributed by atoms with Gasteiger partial charge in [0.15, 0.2) is 11.5 Å². The van der Waals surface area contributed by atoms with Gasteiger partial charge in [-0.15, -0.1) is 0 Å². The van der Waals surface area contributed by atoms with Gasteiger partial charge in [0, 0.05) is 11.3 Å². The second-order valence-electron chi connectivity index (χ2n) is 5.89. The molecule has 0 saturated carbocycles. The molecule has 0 aliphatic rings. The smallest absolute Gasteiger partial charge is 0.323 e. The first kappa shape index (κ1) is 19.3. The molecule has 0 fully saturated rings. The lowest BCUT2D eigenvalue weighted by atomic mass is 10.1. The molecule has 2 aromatic carbocycles. The van der Waals surface area contributed by atoms with Gasteiger partial charge in [-0.25, -0.2) is 4.79 Å². The van der Waals surface area contributed by atoms with E-state index >= 15 is 0 Å². The highest BCUT2D eigenvalue weighted by molar-refractivity contribution is 6.05. The number of amides is 1. The topological polar surface area (TPSA) is 105 Å². The summed E-state index contributed by atoms with van der Waals surface area (Å²) < 4.78 is 17.0. The number of carbonyl (C=O) groups excluding carboxylic acids is 1. The average molecular weight is 385 g/mol. The fourth-order valence-corrected chi connectivity index (χ4v) is 2.83. The van der Waals surface area contributed by atoms with Crippen LogP contribution < -0.4 is 25.2 Å². The molecule has 0 aliphatic heterocycles. The van der Waals surface area contributed by atoms with E-state index in [1.54, 1.807) is 30.3 Å². The van der Waals surface area contributed by atoms with Gasteiger partial charge in [-0.05, 0) is 51.1 Å². The molecule has 0 aliphatic carbocycles. The minimum Gasteiger partial charge on any atom is -0.490 e. The van der Waals surface area contributed by atoms with Crippen LogP contribution in [0.15, 0.2) is 35.1 Å². The van der Waals surface area contributed by atoms with Crippen molar-refractivity contribution >= 4 is 22.6 Å². The van der Waals surface area contributed by atoms with Gasteiger partial charge in [-0.3, -0.25) is 4.79 Å². The summed E-state index contributed by atoms with van der Waals surface area (Å²) in [6.45, 7) is 6.88. The summed E-state index contributed by atoms with van der Waals surface area (Å²) in [4.78, 5) is 29.5. The number of aromatic amines is 2. The Kier molecular flexibility index (Phi) is 5.88. The maximum absolute atomic E-state index is 12.8. The maximum Gasteiger partial charge on any atom is 0.323 e. The van der Waals surface area contributed by atoms with Crippen molar-refractivity contribution in [3.63, 3.8) is 0 Å². The van der Waals surface area contributed by atoms with Gasteiger partial charge in [-0.2, -0.15) is 0 Å². The third kappa shape index (κ3) is 4.11. The van der Waals surface area contributed by atoms with Crippen LogP contribution in [0, 0.1) is 0 Å². The summed E-state index contributed by atoms with van der Waals surface area (Å²) in [7, 11) is 0. The molecule has 0 unspecified atom stereocenters. The monoisotopic (exact) mass is 385 g/mol. The molecule has 0 radical (unpaired) electrons. The van der Waals surface area contributed by atoms with E-state index in [0.29, 0.717) is 59.4 Å². The third-order valence-corrected chi connectivity index (χ3v) is 3.95. The summed E-state index contributed by atoms with van der Waals surface area (Å²) in [6, 6.07) is 8.38. The summed E-state index contributed by atoms with van der Waals surface area (Å²) in [6.07, 6.45) is 0. The molecule has 148 valence electrons. The van der Waals surface area contributed by atoms with Crippen molar-refractivity contribution in [2.75, 3.05) is 25.1 Å². The second-order valence-corrected chi connectivity index (χ2v) is 5.89. The Bertz CT molecular complexity index is 1010. The van der Waals surface area contributed by atoms with Gasteiger partial charge in [0.05, 0.1) is 30.9 Å². The highest BCUT2D eigenvalue weighted by Gasteiger charge is 2.18. The van der Waals surface area contributed by atoms with Crippen LogP contribution in [0.25, 0.3) is 11.0 Å². The second kappa shape index (κ2) is 8.51. The minimum absolute atomic E-state index is 0.298. The van der Waals surface area contributed by atoms with Gasteiger partial charge in [0.25, 0.3) is 5.91 Å². The fraction of sp³-hybridized carbons (Fsp3) is 0.300. The Balaban J connectivity index is 1.93. The number of imidazole rings is 1. The zero-order valence-electron chi connectivity index (χ0n) is 16.0. The van der Waals surface area contributed by atoms with Crippen LogP contribution in [-0.4, -0.2) is 35.7 Å². The van der Waals surface area contributed by atoms with Crippen molar-refractivity contribution in [3.8, 4) is 17.2 Å². The van der Waals surface area contributed by atoms with Crippen molar-refractivity contribution in [1.82, 2.24) is 9.97 Å². The maximum atomic E-state index is 12.8. The number of nitrogens with one attached hydrogen (secondary N) is 3. The summed E-state index contributed by atoms with van der Waals surface area (Å²) in [5.41, 5.74) is 1.91. The van der Waals surface area contributed by atoms with E-state index in [9.17, 15) is 9.59 Å². The van der Waals surface area contributed by atoms with Crippen LogP contribution in [0.4, 0.5) is 5.69 Å². The number of hydrogen-bond acceptors (Lipinski definition) is 5. The van der Waals surface area contributed by atoms with E-state index in [0.717, 1.165) is 0 Å². The normalized spacial score (nSPS) is 10.7. The average Bonchev–Trinajstić information content (AvgIpc) is 3.03. The molecule has 3 N–H and O–H groups in total. The lowest BCUT2D eigenvalue weighted by Gasteiger charge is -2.17. The zero-order chi connectivity index (χ0) is 20.1.